The van der Waals surface area contributed by atoms with Crippen molar-refractivity contribution in [3.8, 4) is 0 Å². The molecule has 128 valence electrons. The van der Waals surface area contributed by atoms with Crippen molar-refractivity contribution in [3.63, 3.8) is 0 Å². The third-order valence-corrected chi connectivity index (χ3v) is 2.73. The van der Waals surface area contributed by atoms with Crippen LogP contribution in [0.25, 0.3) is 0 Å². The van der Waals surface area contributed by atoms with Gasteiger partial charge in [-0.15, -0.1) is 0 Å². The summed E-state index contributed by atoms with van der Waals surface area (Å²) < 4.78 is 22.0. The molecular formula is C15H32O6. The Kier molecular flexibility index (Phi) is 12.2. The van der Waals surface area contributed by atoms with Crippen LogP contribution in [0.1, 0.15) is 34.6 Å². The molecule has 0 radical (unpaired) electrons. The first kappa shape index (κ1) is 20.8. The highest BCUT2D eigenvalue weighted by Crippen LogP contribution is 2.02. The maximum absolute atomic E-state index is 9.12. The van der Waals surface area contributed by atoms with Crippen LogP contribution in [0.2, 0.25) is 0 Å². The Morgan fingerprint density at radius 2 is 0.952 bits per heavy atom. The zero-order valence-corrected chi connectivity index (χ0v) is 13.9. The molecule has 0 aromatic rings. The van der Waals surface area contributed by atoms with E-state index in [1.165, 1.54) is 0 Å². The average molecular weight is 308 g/mol. The average Bonchev–Trinajstić information content (AvgIpc) is 2.45. The normalized spacial score (nSPS) is 19.0. The molecule has 0 aromatic carbocycles. The second kappa shape index (κ2) is 12.3. The van der Waals surface area contributed by atoms with Gasteiger partial charge >= 0.3 is 0 Å². The van der Waals surface area contributed by atoms with Gasteiger partial charge in [0.15, 0.2) is 0 Å². The highest BCUT2D eigenvalue weighted by Gasteiger charge is 2.11. The molecule has 6 nitrogen and oxygen atoms in total. The first-order valence-corrected chi connectivity index (χ1v) is 7.60. The van der Waals surface area contributed by atoms with Gasteiger partial charge in [0.05, 0.1) is 63.6 Å². The lowest BCUT2D eigenvalue weighted by atomic mass is 10.3. The minimum atomic E-state index is -0.463. The van der Waals surface area contributed by atoms with Gasteiger partial charge in [0, 0.05) is 0 Å². The van der Waals surface area contributed by atoms with E-state index in [9.17, 15) is 0 Å². The van der Waals surface area contributed by atoms with E-state index in [-0.39, 0.29) is 31.0 Å². The van der Waals surface area contributed by atoms with Crippen molar-refractivity contribution in [2.24, 2.45) is 0 Å². The molecule has 0 heterocycles. The van der Waals surface area contributed by atoms with Gasteiger partial charge in [0.1, 0.15) is 0 Å². The second-order valence-corrected chi connectivity index (χ2v) is 5.61. The summed E-state index contributed by atoms with van der Waals surface area (Å²) in [5, 5.41) is 18.0. The standard InChI is InChI=1S/C15H32O6/c1-11(17)7-18-13(3)9-20-15(5)10-21-14(4)8-19-12(2)6-16/h11-17H,6-10H2,1-5H3/t11-,12-,13-,14-,15-/m1/s1. The molecule has 0 aliphatic carbocycles. The molecule has 0 amide bonds. The molecule has 0 rings (SSSR count). The van der Waals surface area contributed by atoms with Crippen LogP contribution in [0.4, 0.5) is 0 Å². The van der Waals surface area contributed by atoms with Gasteiger partial charge < -0.3 is 29.2 Å². The summed E-state index contributed by atoms with van der Waals surface area (Å²) in [5.74, 6) is 0. The molecule has 0 aliphatic heterocycles. The van der Waals surface area contributed by atoms with Gasteiger partial charge in [-0.05, 0) is 34.6 Å². The van der Waals surface area contributed by atoms with Gasteiger partial charge in [-0.2, -0.15) is 0 Å². The molecule has 0 saturated carbocycles. The van der Waals surface area contributed by atoms with Gasteiger partial charge in [-0.25, -0.2) is 0 Å². The van der Waals surface area contributed by atoms with Crippen molar-refractivity contribution >= 4 is 0 Å². The van der Waals surface area contributed by atoms with Crippen LogP contribution in [-0.4, -0.2) is 73.8 Å². The molecule has 0 spiro atoms. The predicted octanol–water partition coefficient (Wildman–Crippen LogP) is 0.980. The molecule has 5 atom stereocenters. The Labute approximate surface area is 128 Å². The number of aliphatic hydroxyl groups is 2. The van der Waals surface area contributed by atoms with E-state index in [0.29, 0.717) is 26.4 Å². The first-order chi connectivity index (χ1) is 9.85. The summed E-state index contributed by atoms with van der Waals surface area (Å²) in [7, 11) is 0. The van der Waals surface area contributed by atoms with Crippen LogP contribution in [0, 0.1) is 0 Å². The summed E-state index contributed by atoms with van der Waals surface area (Å²) in [6, 6.07) is 0. The minimum absolute atomic E-state index is 0.0105. The van der Waals surface area contributed by atoms with Gasteiger partial charge in [0.25, 0.3) is 0 Å². The lowest BCUT2D eigenvalue weighted by molar-refractivity contribution is -0.0936. The Balaban J connectivity index is 3.62. The zero-order chi connectivity index (χ0) is 16.3. The van der Waals surface area contributed by atoms with Crippen LogP contribution in [0.5, 0.6) is 0 Å². The van der Waals surface area contributed by atoms with Gasteiger partial charge in [-0.1, -0.05) is 0 Å². The summed E-state index contributed by atoms with van der Waals surface area (Å²) in [4.78, 5) is 0. The van der Waals surface area contributed by atoms with Crippen LogP contribution in [-0.2, 0) is 18.9 Å². The largest absolute Gasteiger partial charge is 0.394 e. The number of rotatable bonds is 13. The molecule has 0 aromatic heterocycles. The van der Waals surface area contributed by atoms with E-state index in [2.05, 4.69) is 0 Å². The molecule has 0 aliphatic rings. The summed E-state index contributed by atoms with van der Waals surface area (Å²) in [6.45, 7) is 11.0. The molecule has 0 fully saturated rings. The number of hydrogen-bond acceptors (Lipinski definition) is 6. The number of aliphatic hydroxyl groups excluding tert-OH is 2. The van der Waals surface area contributed by atoms with Crippen molar-refractivity contribution in [1.29, 1.82) is 0 Å². The molecule has 0 saturated heterocycles. The van der Waals surface area contributed by atoms with Crippen molar-refractivity contribution in [1.82, 2.24) is 0 Å². The molecule has 0 unspecified atom stereocenters. The maximum Gasteiger partial charge on any atom is 0.0781 e. The fourth-order valence-corrected chi connectivity index (χ4v) is 1.40. The lowest BCUT2D eigenvalue weighted by Crippen LogP contribution is -2.28. The number of hydrogen-bond donors (Lipinski definition) is 2. The van der Waals surface area contributed by atoms with Crippen LogP contribution in [0.15, 0.2) is 0 Å². The Bertz CT molecular complexity index is 236. The summed E-state index contributed by atoms with van der Waals surface area (Å²) in [5.41, 5.74) is 0. The quantitative estimate of drug-likeness (QED) is 0.528. The number of ether oxygens (including phenoxy) is 4. The third-order valence-electron chi connectivity index (χ3n) is 2.73. The second-order valence-electron chi connectivity index (χ2n) is 5.61. The minimum Gasteiger partial charge on any atom is -0.394 e. The molecule has 21 heavy (non-hydrogen) atoms. The molecule has 0 bridgehead atoms. The van der Waals surface area contributed by atoms with Crippen molar-refractivity contribution in [2.75, 3.05) is 33.0 Å². The SMILES string of the molecule is C[C@H](CO)OC[C@@H](C)OC[C@@H](C)OC[C@@H](C)OC[C@@H](C)O. The van der Waals surface area contributed by atoms with Gasteiger partial charge in [-0.3, -0.25) is 0 Å². The topological polar surface area (TPSA) is 77.4 Å². The lowest BCUT2D eigenvalue weighted by Gasteiger charge is -2.21. The van der Waals surface area contributed by atoms with E-state index in [1.807, 2.05) is 27.7 Å². The van der Waals surface area contributed by atoms with Crippen LogP contribution >= 0.6 is 0 Å². The van der Waals surface area contributed by atoms with E-state index in [1.54, 1.807) is 6.92 Å². The maximum atomic E-state index is 9.12. The van der Waals surface area contributed by atoms with Crippen molar-refractivity contribution in [3.05, 3.63) is 0 Å². The highest BCUT2D eigenvalue weighted by atomic mass is 16.6. The Hall–Kier alpha value is -0.240. The fourth-order valence-electron chi connectivity index (χ4n) is 1.40. The van der Waals surface area contributed by atoms with Crippen LogP contribution < -0.4 is 0 Å². The molecule has 2 N–H and O–H groups in total. The van der Waals surface area contributed by atoms with E-state index < -0.39 is 6.10 Å². The van der Waals surface area contributed by atoms with Crippen molar-refractivity contribution in [2.45, 2.75) is 65.1 Å². The summed E-state index contributed by atoms with van der Waals surface area (Å²) >= 11 is 0. The summed E-state index contributed by atoms with van der Waals surface area (Å²) in [6.07, 6.45) is -0.783. The van der Waals surface area contributed by atoms with Crippen LogP contribution in [0.3, 0.4) is 0 Å². The smallest absolute Gasteiger partial charge is 0.0781 e. The Morgan fingerprint density at radius 3 is 1.29 bits per heavy atom. The first-order valence-electron chi connectivity index (χ1n) is 7.60. The van der Waals surface area contributed by atoms with E-state index in [4.69, 9.17) is 29.2 Å². The van der Waals surface area contributed by atoms with E-state index in [0.717, 1.165) is 0 Å². The fraction of sp³-hybridized carbons (Fsp3) is 1.00. The molecular weight excluding hydrogens is 276 g/mol. The Morgan fingerprint density at radius 1 is 0.619 bits per heavy atom. The zero-order valence-electron chi connectivity index (χ0n) is 13.9. The van der Waals surface area contributed by atoms with Crippen molar-refractivity contribution < 1.29 is 29.2 Å². The highest BCUT2D eigenvalue weighted by molar-refractivity contribution is 4.56. The van der Waals surface area contributed by atoms with E-state index >= 15 is 0 Å². The monoisotopic (exact) mass is 308 g/mol. The third kappa shape index (κ3) is 13.2. The predicted molar refractivity (Wildman–Crippen MR) is 80.4 cm³/mol. The van der Waals surface area contributed by atoms with Gasteiger partial charge in [0.2, 0.25) is 0 Å². The molecule has 6 heteroatoms.